The van der Waals surface area contributed by atoms with E-state index in [2.05, 4.69) is 15.3 Å². The molecular weight excluding hydrogens is 178 g/mol. The lowest BCUT2D eigenvalue weighted by atomic mass is 10.2. The Bertz CT molecular complexity index is 312. The minimum Gasteiger partial charge on any atom is -0.384 e. The quantitative estimate of drug-likeness (QED) is 0.787. The number of aryl methyl sites for hydroxylation is 1. The van der Waals surface area contributed by atoms with Crippen LogP contribution < -0.4 is 5.32 Å². The van der Waals surface area contributed by atoms with Crippen LogP contribution >= 0.6 is 0 Å². The molecule has 1 aromatic rings. The molecule has 4 heteroatoms. The van der Waals surface area contributed by atoms with Gasteiger partial charge in [0, 0.05) is 31.8 Å². The largest absolute Gasteiger partial charge is 0.384 e. The van der Waals surface area contributed by atoms with Gasteiger partial charge in [-0.1, -0.05) is 0 Å². The minimum absolute atomic E-state index is 0.658. The van der Waals surface area contributed by atoms with E-state index in [1.807, 2.05) is 20.9 Å². The van der Waals surface area contributed by atoms with Crippen LogP contribution in [0.2, 0.25) is 0 Å². The standard InChI is InChI=1S/C10H17N3O/c1-7-8(2)12-9(5-6-14-4)13-10(7)11-3/h5-6H2,1-4H3,(H,11,12,13). The molecule has 0 fully saturated rings. The van der Waals surface area contributed by atoms with Crippen molar-refractivity contribution in [1.29, 1.82) is 0 Å². The number of aromatic nitrogens is 2. The lowest BCUT2D eigenvalue weighted by Gasteiger charge is -2.09. The van der Waals surface area contributed by atoms with Crippen molar-refractivity contribution in [2.75, 3.05) is 26.1 Å². The van der Waals surface area contributed by atoms with E-state index in [0.717, 1.165) is 29.3 Å². The molecule has 0 saturated heterocycles. The van der Waals surface area contributed by atoms with Crippen LogP contribution in [-0.4, -0.2) is 30.7 Å². The van der Waals surface area contributed by atoms with Crippen molar-refractivity contribution in [2.45, 2.75) is 20.3 Å². The molecule has 1 aromatic heterocycles. The first kappa shape index (κ1) is 10.9. The van der Waals surface area contributed by atoms with Crippen LogP contribution in [-0.2, 0) is 11.2 Å². The number of nitrogens with zero attached hydrogens (tertiary/aromatic N) is 2. The van der Waals surface area contributed by atoms with Gasteiger partial charge in [0.25, 0.3) is 0 Å². The maximum absolute atomic E-state index is 4.99. The van der Waals surface area contributed by atoms with Gasteiger partial charge in [0.15, 0.2) is 0 Å². The van der Waals surface area contributed by atoms with Gasteiger partial charge in [-0.3, -0.25) is 0 Å². The molecule has 1 N–H and O–H groups in total. The van der Waals surface area contributed by atoms with E-state index in [4.69, 9.17) is 4.74 Å². The van der Waals surface area contributed by atoms with E-state index in [1.165, 1.54) is 0 Å². The van der Waals surface area contributed by atoms with Gasteiger partial charge < -0.3 is 10.1 Å². The van der Waals surface area contributed by atoms with Gasteiger partial charge in [0.2, 0.25) is 0 Å². The summed E-state index contributed by atoms with van der Waals surface area (Å²) in [6.07, 6.45) is 0.756. The van der Waals surface area contributed by atoms with Crippen molar-refractivity contribution in [3.8, 4) is 0 Å². The van der Waals surface area contributed by atoms with E-state index in [-0.39, 0.29) is 0 Å². The monoisotopic (exact) mass is 195 g/mol. The molecule has 0 aliphatic carbocycles. The van der Waals surface area contributed by atoms with Crippen LogP contribution in [0.1, 0.15) is 17.1 Å². The van der Waals surface area contributed by atoms with Crippen LogP contribution in [0.5, 0.6) is 0 Å². The maximum Gasteiger partial charge on any atom is 0.133 e. The Morgan fingerprint density at radius 3 is 2.57 bits per heavy atom. The zero-order valence-electron chi connectivity index (χ0n) is 9.22. The highest BCUT2D eigenvalue weighted by molar-refractivity contribution is 5.44. The predicted molar refractivity (Wildman–Crippen MR) is 56.6 cm³/mol. The van der Waals surface area contributed by atoms with Crippen LogP contribution in [0.25, 0.3) is 0 Å². The molecule has 0 aromatic carbocycles. The van der Waals surface area contributed by atoms with Crippen LogP contribution in [0.15, 0.2) is 0 Å². The third kappa shape index (κ3) is 2.42. The highest BCUT2D eigenvalue weighted by atomic mass is 16.5. The van der Waals surface area contributed by atoms with Crippen molar-refractivity contribution in [3.63, 3.8) is 0 Å². The second kappa shape index (κ2) is 4.91. The summed E-state index contributed by atoms with van der Waals surface area (Å²) < 4.78 is 4.99. The van der Waals surface area contributed by atoms with E-state index in [9.17, 15) is 0 Å². The maximum atomic E-state index is 4.99. The molecule has 78 valence electrons. The predicted octanol–water partition coefficient (Wildman–Crippen LogP) is 1.32. The van der Waals surface area contributed by atoms with Gasteiger partial charge in [0.05, 0.1) is 6.61 Å². The van der Waals surface area contributed by atoms with Gasteiger partial charge in [0.1, 0.15) is 11.6 Å². The average Bonchev–Trinajstić information content (AvgIpc) is 2.19. The van der Waals surface area contributed by atoms with Crippen LogP contribution in [0, 0.1) is 13.8 Å². The molecular formula is C10H17N3O. The lowest BCUT2D eigenvalue weighted by molar-refractivity contribution is 0.200. The molecule has 0 atom stereocenters. The summed E-state index contributed by atoms with van der Waals surface area (Å²) >= 11 is 0. The van der Waals surface area contributed by atoms with Crippen molar-refractivity contribution < 1.29 is 4.74 Å². The Morgan fingerprint density at radius 1 is 1.29 bits per heavy atom. The molecule has 0 aliphatic heterocycles. The first-order valence-corrected chi connectivity index (χ1v) is 4.69. The molecule has 0 spiro atoms. The summed E-state index contributed by atoms with van der Waals surface area (Å²) in [5.74, 6) is 1.74. The number of rotatable bonds is 4. The molecule has 0 amide bonds. The number of methoxy groups -OCH3 is 1. The second-order valence-corrected chi connectivity index (χ2v) is 3.19. The Kier molecular flexibility index (Phi) is 3.83. The molecule has 0 unspecified atom stereocenters. The fraction of sp³-hybridized carbons (Fsp3) is 0.600. The van der Waals surface area contributed by atoms with Crippen molar-refractivity contribution in [2.24, 2.45) is 0 Å². The molecule has 0 radical (unpaired) electrons. The Balaban J connectivity index is 2.91. The van der Waals surface area contributed by atoms with E-state index < -0.39 is 0 Å². The van der Waals surface area contributed by atoms with Gasteiger partial charge in [-0.2, -0.15) is 0 Å². The third-order valence-electron chi connectivity index (χ3n) is 2.20. The number of nitrogens with one attached hydrogen (secondary N) is 1. The third-order valence-corrected chi connectivity index (χ3v) is 2.20. The average molecular weight is 195 g/mol. The lowest BCUT2D eigenvalue weighted by Crippen LogP contribution is -2.07. The van der Waals surface area contributed by atoms with Crippen LogP contribution in [0.4, 0.5) is 5.82 Å². The fourth-order valence-corrected chi connectivity index (χ4v) is 1.24. The number of anilines is 1. The summed E-state index contributed by atoms with van der Waals surface area (Å²) in [7, 11) is 3.55. The smallest absolute Gasteiger partial charge is 0.133 e. The van der Waals surface area contributed by atoms with E-state index >= 15 is 0 Å². The van der Waals surface area contributed by atoms with Crippen LogP contribution in [0.3, 0.4) is 0 Å². The van der Waals surface area contributed by atoms with E-state index in [1.54, 1.807) is 7.11 Å². The number of ether oxygens (including phenoxy) is 1. The molecule has 1 rings (SSSR count). The molecule has 0 bridgehead atoms. The van der Waals surface area contributed by atoms with E-state index in [0.29, 0.717) is 6.61 Å². The number of hydrogen-bond donors (Lipinski definition) is 1. The van der Waals surface area contributed by atoms with Crippen molar-refractivity contribution in [3.05, 3.63) is 17.1 Å². The Labute approximate surface area is 84.7 Å². The first-order valence-electron chi connectivity index (χ1n) is 4.69. The van der Waals surface area contributed by atoms with Crippen molar-refractivity contribution >= 4 is 5.82 Å². The fourth-order valence-electron chi connectivity index (χ4n) is 1.24. The normalized spacial score (nSPS) is 10.3. The highest BCUT2D eigenvalue weighted by Gasteiger charge is 2.05. The number of hydrogen-bond acceptors (Lipinski definition) is 4. The Morgan fingerprint density at radius 2 is 2.00 bits per heavy atom. The summed E-state index contributed by atoms with van der Waals surface area (Å²) in [6, 6.07) is 0. The zero-order chi connectivity index (χ0) is 10.6. The molecule has 0 aliphatic rings. The summed E-state index contributed by atoms with van der Waals surface area (Å²) in [5.41, 5.74) is 2.13. The Hall–Kier alpha value is -1.16. The van der Waals surface area contributed by atoms with Crippen molar-refractivity contribution in [1.82, 2.24) is 9.97 Å². The van der Waals surface area contributed by atoms with Gasteiger partial charge in [-0.25, -0.2) is 9.97 Å². The molecule has 1 heterocycles. The van der Waals surface area contributed by atoms with Gasteiger partial charge in [-0.05, 0) is 13.8 Å². The van der Waals surface area contributed by atoms with Gasteiger partial charge >= 0.3 is 0 Å². The SMILES string of the molecule is CNc1nc(CCOC)nc(C)c1C. The molecule has 0 saturated carbocycles. The molecule has 4 nitrogen and oxygen atoms in total. The first-order chi connectivity index (χ1) is 6.69. The topological polar surface area (TPSA) is 47.0 Å². The second-order valence-electron chi connectivity index (χ2n) is 3.19. The zero-order valence-corrected chi connectivity index (χ0v) is 9.22. The van der Waals surface area contributed by atoms with Gasteiger partial charge in [-0.15, -0.1) is 0 Å². The highest BCUT2D eigenvalue weighted by Crippen LogP contribution is 2.13. The molecule has 14 heavy (non-hydrogen) atoms. The summed E-state index contributed by atoms with van der Waals surface area (Å²) in [5, 5.41) is 3.06. The summed E-state index contributed by atoms with van der Waals surface area (Å²) in [6.45, 7) is 4.67. The summed E-state index contributed by atoms with van der Waals surface area (Å²) in [4.78, 5) is 8.77. The minimum atomic E-state index is 0.658.